The Morgan fingerprint density at radius 2 is 2.00 bits per heavy atom. The second-order valence-corrected chi connectivity index (χ2v) is 3.09. The SMILES string of the molecule is O=C(O)NCC(=O)C1CC(F)(F)C1. The van der Waals surface area contributed by atoms with Gasteiger partial charge in [0.05, 0.1) is 6.54 Å². The molecule has 0 heterocycles. The third-order valence-corrected chi connectivity index (χ3v) is 1.96. The molecule has 13 heavy (non-hydrogen) atoms. The van der Waals surface area contributed by atoms with Gasteiger partial charge in [-0.05, 0) is 0 Å². The maximum atomic E-state index is 12.3. The predicted molar refractivity (Wildman–Crippen MR) is 38.7 cm³/mol. The molecule has 0 spiro atoms. The van der Waals surface area contributed by atoms with Crippen LogP contribution in [0.1, 0.15) is 12.8 Å². The predicted octanol–water partition coefficient (Wildman–Crippen LogP) is 0.868. The Hall–Kier alpha value is -1.20. The molecule has 0 bridgehead atoms. The third kappa shape index (κ3) is 2.64. The van der Waals surface area contributed by atoms with Gasteiger partial charge in [0.15, 0.2) is 5.78 Å². The Bertz CT molecular complexity index is 234. The monoisotopic (exact) mass is 193 g/mol. The fourth-order valence-corrected chi connectivity index (χ4v) is 1.20. The fraction of sp³-hybridized carbons (Fsp3) is 0.714. The molecule has 1 fully saturated rings. The quantitative estimate of drug-likeness (QED) is 0.698. The highest BCUT2D eigenvalue weighted by atomic mass is 19.3. The van der Waals surface area contributed by atoms with Crippen LogP contribution in [0.15, 0.2) is 0 Å². The third-order valence-electron chi connectivity index (χ3n) is 1.96. The number of hydrogen-bond donors (Lipinski definition) is 2. The van der Waals surface area contributed by atoms with Gasteiger partial charge in [0.2, 0.25) is 5.92 Å². The van der Waals surface area contributed by atoms with Gasteiger partial charge in [-0.3, -0.25) is 4.79 Å². The number of carbonyl (C=O) groups excluding carboxylic acids is 1. The van der Waals surface area contributed by atoms with Crippen molar-refractivity contribution in [3.63, 3.8) is 0 Å². The molecule has 1 saturated carbocycles. The smallest absolute Gasteiger partial charge is 0.405 e. The first kappa shape index (κ1) is 9.88. The van der Waals surface area contributed by atoms with Crippen LogP contribution in [0.2, 0.25) is 0 Å². The Morgan fingerprint density at radius 1 is 1.46 bits per heavy atom. The number of amides is 1. The highest BCUT2D eigenvalue weighted by Gasteiger charge is 2.48. The summed E-state index contributed by atoms with van der Waals surface area (Å²) in [6.45, 7) is -0.379. The molecule has 1 amide bonds. The summed E-state index contributed by atoms with van der Waals surface area (Å²) >= 11 is 0. The molecule has 1 rings (SSSR count). The number of rotatable bonds is 3. The molecular weight excluding hydrogens is 184 g/mol. The van der Waals surface area contributed by atoms with E-state index in [-0.39, 0.29) is 6.54 Å². The number of carboxylic acid groups (broad SMARTS) is 1. The molecule has 0 radical (unpaired) electrons. The van der Waals surface area contributed by atoms with E-state index in [0.717, 1.165) is 0 Å². The van der Waals surface area contributed by atoms with E-state index in [1.165, 1.54) is 0 Å². The van der Waals surface area contributed by atoms with Gasteiger partial charge in [0, 0.05) is 18.8 Å². The van der Waals surface area contributed by atoms with E-state index >= 15 is 0 Å². The summed E-state index contributed by atoms with van der Waals surface area (Å²) in [5, 5.41) is 9.97. The molecule has 0 aromatic heterocycles. The van der Waals surface area contributed by atoms with Crippen LogP contribution in [0.4, 0.5) is 13.6 Å². The van der Waals surface area contributed by atoms with Crippen molar-refractivity contribution in [3.05, 3.63) is 0 Å². The van der Waals surface area contributed by atoms with Crippen molar-refractivity contribution in [2.45, 2.75) is 18.8 Å². The van der Waals surface area contributed by atoms with Crippen molar-refractivity contribution >= 4 is 11.9 Å². The van der Waals surface area contributed by atoms with E-state index in [9.17, 15) is 18.4 Å². The lowest BCUT2D eigenvalue weighted by atomic mass is 9.78. The molecule has 0 saturated heterocycles. The number of nitrogens with one attached hydrogen (secondary N) is 1. The van der Waals surface area contributed by atoms with Crippen LogP contribution in [-0.2, 0) is 4.79 Å². The molecule has 0 unspecified atom stereocenters. The summed E-state index contributed by atoms with van der Waals surface area (Å²) in [7, 11) is 0. The average Bonchev–Trinajstić information content (AvgIpc) is 1.95. The summed E-state index contributed by atoms with van der Waals surface area (Å²) in [4.78, 5) is 20.9. The summed E-state index contributed by atoms with van der Waals surface area (Å²) in [5.74, 6) is -3.88. The number of carbonyl (C=O) groups is 2. The summed E-state index contributed by atoms with van der Waals surface area (Å²) in [6.07, 6.45) is -2.22. The molecule has 1 aliphatic rings. The van der Waals surface area contributed by atoms with Crippen molar-refractivity contribution in [1.82, 2.24) is 5.32 Å². The minimum Gasteiger partial charge on any atom is -0.465 e. The lowest BCUT2D eigenvalue weighted by molar-refractivity contribution is -0.147. The first-order valence-corrected chi connectivity index (χ1v) is 3.78. The summed E-state index contributed by atoms with van der Waals surface area (Å²) < 4.78 is 24.5. The van der Waals surface area contributed by atoms with E-state index in [0.29, 0.717) is 0 Å². The molecule has 1 aliphatic carbocycles. The van der Waals surface area contributed by atoms with E-state index in [1.54, 1.807) is 0 Å². The van der Waals surface area contributed by atoms with Gasteiger partial charge in [0.25, 0.3) is 0 Å². The molecule has 6 heteroatoms. The zero-order valence-corrected chi connectivity index (χ0v) is 6.72. The zero-order chi connectivity index (χ0) is 10.1. The molecular formula is C7H9F2NO3. The maximum absolute atomic E-state index is 12.3. The van der Waals surface area contributed by atoms with Crippen LogP contribution >= 0.6 is 0 Å². The van der Waals surface area contributed by atoms with Gasteiger partial charge in [0.1, 0.15) is 0 Å². The number of alkyl halides is 2. The molecule has 2 N–H and O–H groups in total. The van der Waals surface area contributed by atoms with Gasteiger partial charge < -0.3 is 10.4 Å². The van der Waals surface area contributed by atoms with Crippen molar-refractivity contribution in [2.24, 2.45) is 5.92 Å². The fourth-order valence-electron chi connectivity index (χ4n) is 1.20. The second-order valence-electron chi connectivity index (χ2n) is 3.09. The number of halogens is 2. The lowest BCUT2D eigenvalue weighted by Crippen LogP contribution is -2.43. The van der Waals surface area contributed by atoms with Crippen LogP contribution in [0.3, 0.4) is 0 Å². The minimum absolute atomic E-state index is 0.379. The van der Waals surface area contributed by atoms with Gasteiger partial charge in [-0.15, -0.1) is 0 Å². The van der Waals surface area contributed by atoms with Gasteiger partial charge in [-0.1, -0.05) is 0 Å². The maximum Gasteiger partial charge on any atom is 0.405 e. The van der Waals surface area contributed by atoms with Crippen LogP contribution in [0.5, 0.6) is 0 Å². The summed E-state index contributed by atoms with van der Waals surface area (Å²) in [5.41, 5.74) is 0. The highest BCUT2D eigenvalue weighted by molar-refractivity contribution is 5.86. The molecule has 0 aromatic carbocycles. The van der Waals surface area contributed by atoms with E-state index < -0.39 is 36.6 Å². The first-order chi connectivity index (χ1) is 5.91. The summed E-state index contributed by atoms with van der Waals surface area (Å²) in [6, 6.07) is 0. The van der Waals surface area contributed by atoms with E-state index in [2.05, 4.69) is 0 Å². The standard InChI is InChI=1S/C7H9F2NO3/c8-7(9)1-4(2-7)5(11)3-10-6(12)13/h4,10H,1-3H2,(H,12,13). The number of hydrogen-bond acceptors (Lipinski definition) is 2. The van der Waals surface area contributed by atoms with Gasteiger partial charge in [-0.2, -0.15) is 0 Å². The van der Waals surface area contributed by atoms with Crippen molar-refractivity contribution < 1.29 is 23.5 Å². The Kier molecular flexibility index (Phi) is 2.49. The van der Waals surface area contributed by atoms with Gasteiger partial charge in [-0.25, -0.2) is 13.6 Å². The van der Waals surface area contributed by atoms with Crippen LogP contribution in [-0.4, -0.2) is 29.5 Å². The molecule has 0 aromatic rings. The normalized spacial score (nSPS) is 20.5. The average molecular weight is 193 g/mol. The minimum atomic E-state index is -2.73. The number of ketones is 1. The largest absolute Gasteiger partial charge is 0.465 e. The van der Waals surface area contributed by atoms with Crippen molar-refractivity contribution in [2.75, 3.05) is 6.54 Å². The van der Waals surface area contributed by atoms with E-state index in [1.807, 2.05) is 5.32 Å². The Labute approximate surface area is 72.9 Å². The zero-order valence-electron chi connectivity index (χ0n) is 6.72. The molecule has 0 atom stereocenters. The van der Waals surface area contributed by atoms with Crippen molar-refractivity contribution in [1.29, 1.82) is 0 Å². The second kappa shape index (κ2) is 3.27. The van der Waals surface area contributed by atoms with Crippen LogP contribution in [0.25, 0.3) is 0 Å². The molecule has 4 nitrogen and oxygen atoms in total. The Morgan fingerprint density at radius 3 is 2.38 bits per heavy atom. The number of Topliss-reactive ketones (excluding diaryl/α,β-unsaturated/α-hetero) is 1. The Balaban J connectivity index is 2.23. The van der Waals surface area contributed by atoms with Gasteiger partial charge >= 0.3 is 6.09 Å². The highest BCUT2D eigenvalue weighted by Crippen LogP contribution is 2.42. The first-order valence-electron chi connectivity index (χ1n) is 3.78. The van der Waals surface area contributed by atoms with Crippen LogP contribution in [0, 0.1) is 5.92 Å². The molecule has 74 valence electrons. The molecule has 0 aliphatic heterocycles. The van der Waals surface area contributed by atoms with Crippen LogP contribution < -0.4 is 5.32 Å². The van der Waals surface area contributed by atoms with Crippen molar-refractivity contribution in [3.8, 4) is 0 Å². The van der Waals surface area contributed by atoms with E-state index in [4.69, 9.17) is 5.11 Å². The lowest BCUT2D eigenvalue weighted by Gasteiger charge is -2.33. The topological polar surface area (TPSA) is 66.4 Å².